The second kappa shape index (κ2) is 7.53. The third kappa shape index (κ3) is 3.58. The molecular formula is C24H34N2O2. The number of rotatable bonds is 6. The minimum Gasteiger partial charge on any atom is -0.355 e. The van der Waals surface area contributed by atoms with Gasteiger partial charge in [0, 0.05) is 30.1 Å². The molecule has 4 aliphatic carbocycles. The van der Waals surface area contributed by atoms with Crippen molar-refractivity contribution >= 4 is 17.5 Å². The predicted octanol–water partition coefficient (Wildman–Crippen LogP) is 4.46. The van der Waals surface area contributed by atoms with Crippen LogP contribution in [0, 0.1) is 30.1 Å². The number of nitrogens with one attached hydrogen (secondary N) is 1. The van der Waals surface area contributed by atoms with Crippen molar-refractivity contribution in [1.29, 1.82) is 0 Å². The van der Waals surface area contributed by atoms with Crippen LogP contribution in [-0.2, 0) is 9.59 Å². The predicted molar refractivity (Wildman–Crippen MR) is 112 cm³/mol. The molecule has 4 heteroatoms. The molecule has 0 atom stereocenters. The van der Waals surface area contributed by atoms with Crippen LogP contribution in [0.15, 0.2) is 24.3 Å². The van der Waals surface area contributed by atoms with Gasteiger partial charge in [0.2, 0.25) is 11.8 Å². The van der Waals surface area contributed by atoms with Crippen LogP contribution in [0.25, 0.3) is 0 Å². The monoisotopic (exact) mass is 382 g/mol. The largest absolute Gasteiger partial charge is 0.355 e. The highest BCUT2D eigenvalue weighted by molar-refractivity contribution is 5.95. The summed E-state index contributed by atoms with van der Waals surface area (Å²) in [5.41, 5.74) is 1.93. The zero-order chi connectivity index (χ0) is 19.9. The molecule has 4 aliphatic rings. The molecule has 4 bridgehead atoms. The first-order chi connectivity index (χ1) is 13.4. The summed E-state index contributed by atoms with van der Waals surface area (Å²) in [5, 5.41) is 3.14. The van der Waals surface area contributed by atoms with E-state index in [1.165, 1.54) is 19.3 Å². The molecule has 2 amide bonds. The Morgan fingerprint density at radius 3 is 2.18 bits per heavy atom. The molecule has 0 saturated heterocycles. The van der Waals surface area contributed by atoms with Gasteiger partial charge in [-0.3, -0.25) is 9.59 Å². The van der Waals surface area contributed by atoms with Gasteiger partial charge in [-0.15, -0.1) is 0 Å². The lowest BCUT2D eigenvalue weighted by Gasteiger charge is -2.55. The Morgan fingerprint density at radius 1 is 1.07 bits per heavy atom. The summed E-state index contributed by atoms with van der Waals surface area (Å²) in [4.78, 5) is 27.9. The average molecular weight is 383 g/mol. The highest BCUT2D eigenvalue weighted by Crippen LogP contribution is 2.60. The van der Waals surface area contributed by atoms with E-state index in [-0.39, 0.29) is 23.3 Å². The number of benzene rings is 1. The van der Waals surface area contributed by atoms with Gasteiger partial charge in [-0.25, -0.2) is 0 Å². The Hall–Kier alpha value is -1.84. The Balaban J connectivity index is 1.36. The van der Waals surface area contributed by atoms with Crippen molar-refractivity contribution < 1.29 is 9.59 Å². The first-order valence-electron chi connectivity index (χ1n) is 11.0. The van der Waals surface area contributed by atoms with E-state index >= 15 is 0 Å². The average Bonchev–Trinajstić information content (AvgIpc) is 2.62. The minimum absolute atomic E-state index is 0.0788. The third-order valence-corrected chi connectivity index (χ3v) is 7.30. The molecular weight excluding hydrogens is 348 g/mol. The lowest BCUT2D eigenvalue weighted by Crippen LogP contribution is -2.54. The molecule has 0 aromatic heterocycles. The van der Waals surface area contributed by atoms with Crippen molar-refractivity contribution in [2.24, 2.45) is 23.2 Å². The van der Waals surface area contributed by atoms with Gasteiger partial charge in [0.25, 0.3) is 0 Å². The second-order valence-corrected chi connectivity index (χ2v) is 9.85. The summed E-state index contributed by atoms with van der Waals surface area (Å²) in [6, 6.07) is 8.09. The highest BCUT2D eigenvalue weighted by atomic mass is 16.2. The number of nitrogens with zero attached hydrogens (tertiary/aromatic N) is 1. The number of anilines is 1. The van der Waals surface area contributed by atoms with Crippen LogP contribution in [-0.4, -0.2) is 24.4 Å². The Kier molecular flexibility index (Phi) is 5.24. The number of carbonyl (C=O) groups excluding carboxylic acids is 2. The maximum Gasteiger partial charge on any atom is 0.229 e. The SMILES string of the molecule is Cc1ccccc1N(C(=O)CCNC(=O)C12CC3CC(CC(C3)C1)C2)C(C)C. The summed E-state index contributed by atoms with van der Waals surface area (Å²) < 4.78 is 0. The number of hydrogen-bond acceptors (Lipinski definition) is 2. The van der Waals surface area contributed by atoms with Crippen LogP contribution in [0.5, 0.6) is 0 Å². The zero-order valence-electron chi connectivity index (χ0n) is 17.5. The number of carbonyl (C=O) groups is 2. The van der Waals surface area contributed by atoms with Gasteiger partial charge in [0.05, 0.1) is 0 Å². The van der Waals surface area contributed by atoms with Gasteiger partial charge in [0.1, 0.15) is 0 Å². The Morgan fingerprint density at radius 2 is 1.64 bits per heavy atom. The fourth-order valence-corrected chi connectivity index (χ4v) is 6.51. The number of amides is 2. The molecule has 152 valence electrons. The van der Waals surface area contributed by atoms with Crippen LogP contribution in [0.2, 0.25) is 0 Å². The van der Waals surface area contributed by atoms with E-state index in [4.69, 9.17) is 0 Å². The van der Waals surface area contributed by atoms with Crippen molar-refractivity contribution in [2.75, 3.05) is 11.4 Å². The van der Waals surface area contributed by atoms with E-state index in [9.17, 15) is 9.59 Å². The van der Waals surface area contributed by atoms with Crippen LogP contribution in [0.4, 0.5) is 5.69 Å². The Labute approximate surface area is 169 Å². The lowest BCUT2D eigenvalue weighted by molar-refractivity contribution is -0.146. The normalized spacial score (nSPS) is 30.5. The molecule has 5 rings (SSSR count). The van der Waals surface area contributed by atoms with E-state index in [2.05, 4.69) is 5.32 Å². The van der Waals surface area contributed by atoms with Crippen LogP contribution >= 0.6 is 0 Å². The van der Waals surface area contributed by atoms with Gasteiger partial charge < -0.3 is 10.2 Å². The van der Waals surface area contributed by atoms with Gasteiger partial charge >= 0.3 is 0 Å². The van der Waals surface area contributed by atoms with Crippen LogP contribution in [0.3, 0.4) is 0 Å². The molecule has 4 nitrogen and oxygen atoms in total. The topological polar surface area (TPSA) is 49.4 Å². The standard InChI is InChI=1S/C24H34N2O2/c1-16(2)26(21-7-5-4-6-17(21)3)22(27)8-9-25-23(28)24-13-18-10-19(14-24)12-20(11-18)15-24/h4-7,16,18-20H,8-15H2,1-3H3,(H,25,28). The molecule has 0 heterocycles. The van der Waals surface area contributed by atoms with E-state index < -0.39 is 0 Å². The maximum absolute atomic E-state index is 13.1. The smallest absolute Gasteiger partial charge is 0.229 e. The van der Waals surface area contributed by atoms with Crippen LogP contribution in [0.1, 0.15) is 64.4 Å². The molecule has 4 saturated carbocycles. The molecule has 1 aromatic carbocycles. The molecule has 1 aromatic rings. The molecule has 0 unspecified atom stereocenters. The fourth-order valence-electron chi connectivity index (χ4n) is 6.51. The molecule has 0 radical (unpaired) electrons. The summed E-state index contributed by atoms with van der Waals surface area (Å²) in [5.74, 6) is 2.57. The van der Waals surface area contributed by atoms with Gasteiger partial charge in [-0.2, -0.15) is 0 Å². The van der Waals surface area contributed by atoms with Crippen molar-refractivity contribution in [3.8, 4) is 0 Å². The molecule has 0 aliphatic heterocycles. The van der Waals surface area contributed by atoms with Crippen LogP contribution < -0.4 is 10.2 Å². The van der Waals surface area contributed by atoms with Gasteiger partial charge in [0.15, 0.2) is 0 Å². The number of hydrogen-bond donors (Lipinski definition) is 1. The molecule has 28 heavy (non-hydrogen) atoms. The van der Waals surface area contributed by atoms with Gasteiger partial charge in [-0.1, -0.05) is 18.2 Å². The summed E-state index contributed by atoms with van der Waals surface area (Å²) in [6.07, 6.45) is 7.57. The number of aryl methyl sites for hydroxylation is 1. The van der Waals surface area contributed by atoms with Crippen molar-refractivity contribution in [1.82, 2.24) is 5.32 Å². The third-order valence-electron chi connectivity index (χ3n) is 7.30. The lowest BCUT2D eigenvalue weighted by atomic mass is 9.49. The molecule has 4 fully saturated rings. The van der Waals surface area contributed by atoms with Crippen molar-refractivity contribution in [3.05, 3.63) is 29.8 Å². The van der Waals surface area contributed by atoms with E-state index in [1.54, 1.807) is 0 Å². The van der Waals surface area contributed by atoms with E-state index in [1.807, 2.05) is 49.9 Å². The molecule has 0 spiro atoms. The minimum atomic E-state index is -0.133. The van der Waals surface area contributed by atoms with Crippen molar-refractivity contribution in [2.45, 2.75) is 71.8 Å². The fraction of sp³-hybridized carbons (Fsp3) is 0.667. The number of para-hydroxylation sites is 1. The van der Waals surface area contributed by atoms with Gasteiger partial charge in [-0.05, 0) is 88.7 Å². The maximum atomic E-state index is 13.1. The van der Waals surface area contributed by atoms with E-state index in [0.29, 0.717) is 13.0 Å². The highest BCUT2D eigenvalue weighted by Gasteiger charge is 2.54. The summed E-state index contributed by atoms with van der Waals surface area (Å²) in [7, 11) is 0. The quantitative estimate of drug-likeness (QED) is 0.790. The zero-order valence-corrected chi connectivity index (χ0v) is 17.5. The Bertz CT molecular complexity index is 719. The second-order valence-electron chi connectivity index (χ2n) is 9.85. The summed E-state index contributed by atoms with van der Waals surface area (Å²) in [6.45, 7) is 6.55. The first kappa shape index (κ1) is 19.5. The molecule has 1 N–H and O–H groups in total. The van der Waals surface area contributed by atoms with E-state index in [0.717, 1.165) is 48.3 Å². The summed E-state index contributed by atoms with van der Waals surface area (Å²) >= 11 is 0. The van der Waals surface area contributed by atoms with Crippen molar-refractivity contribution in [3.63, 3.8) is 0 Å². The first-order valence-corrected chi connectivity index (χ1v) is 11.0.